The van der Waals surface area contributed by atoms with E-state index in [4.69, 9.17) is 25.8 Å². The number of carbonyl (C=O) groups excluding carboxylic acids is 2. The Bertz CT molecular complexity index is 1520. The smallest absolute Gasteiger partial charge is 0.337 e. The Balaban J connectivity index is 1.45. The predicted molar refractivity (Wildman–Crippen MR) is 193 cm³/mol. The Morgan fingerprint density at radius 2 is 1.77 bits per heavy atom. The molecule has 1 aliphatic carbocycles. The SMILES string of the molecule is CCOC(=O)C(C)(C)CCCN(Cc1ccc(C(=O)OC)cc1)CC(OCC1=CCC(CCc2ccccc2)C=C1)c1cccc(Cl)c1. The second-order valence-electron chi connectivity index (χ2n) is 13.1. The predicted octanol–water partition coefficient (Wildman–Crippen LogP) is 9.19. The average molecular weight is 672 g/mol. The molecule has 0 aliphatic heterocycles. The molecule has 0 N–H and O–H groups in total. The van der Waals surface area contributed by atoms with E-state index in [-0.39, 0.29) is 18.0 Å². The highest BCUT2D eigenvalue weighted by Crippen LogP contribution is 2.28. The molecule has 0 aromatic heterocycles. The maximum absolute atomic E-state index is 12.6. The van der Waals surface area contributed by atoms with E-state index in [0.717, 1.165) is 43.4 Å². The molecule has 2 unspecified atom stereocenters. The number of methoxy groups -OCH3 is 1. The minimum Gasteiger partial charge on any atom is -0.466 e. The van der Waals surface area contributed by atoms with Gasteiger partial charge >= 0.3 is 11.9 Å². The Kier molecular flexibility index (Phi) is 14.5. The van der Waals surface area contributed by atoms with Crippen molar-refractivity contribution in [3.05, 3.63) is 130 Å². The van der Waals surface area contributed by atoms with Crippen molar-refractivity contribution in [1.29, 1.82) is 0 Å². The summed E-state index contributed by atoms with van der Waals surface area (Å²) in [6.45, 7) is 8.59. The molecule has 2 atom stereocenters. The second-order valence-corrected chi connectivity index (χ2v) is 13.6. The third-order valence-corrected chi connectivity index (χ3v) is 9.13. The first kappa shape index (κ1) is 37.1. The number of allylic oxidation sites excluding steroid dienone is 2. The van der Waals surface area contributed by atoms with Crippen molar-refractivity contribution in [3.63, 3.8) is 0 Å². The molecule has 6 nitrogen and oxygen atoms in total. The van der Waals surface area contributed by atoms with Crippen molar-refractivity contribution in [3.8, 4) is 0 Å². The summed E-state index contributed by atoms with van der Waals surface area (Å²) in [7, 11) is 1.38. The molecular formula is C41H50ClNO5. The molecule has 0 amide bonds. The Hall–Kier alpha value is -3.71. The number of halogens is 1. The summed E-state index contributed by atoms with van der Waals surface area (Å²) in [4.78, 5) is 26.9. The van der Waals surface area contributed by atoms with E-state index in [1.54, 1.807) is 12.1 Å². The minimum atomic E-state index is -0.578. The first-order valence-electron chi connectivity index (χ1n) is 17.0. The number of carbonyl (C=O) groups is 2. The van der Waals surface area contributed by atoms with Crippen LogP contribution in [0, 0.1) is 11.3 Å². The van der Waals surface area contributed by atoms with Crippen LogP contribution in [0.4, 0.5) is 0 Å². The Morgan fingerprint density at radius 1 is 1.00 bits per heavy atom. The number of benzene rings is 3. The average Bonchev–Trinajstić information content (AvgIpc) is 3.10. The molecule has 0 spiro atoms. The van der Waals surface area contributed by atoms with E-state index in [9.17, 15) is 9.59 Å². The Morgan fingerprint density at radius 3 is 2.44 bits per heavy atom. The lowest BCUT2D eigenvalue weighted by molar-refractivity contribution is -0.153. The van der Waals surface area contributed by atoms with Gasteiger partial charge in [0.1, 0.15) is 0 Å². The van der Waals surface area contributed by atoms with Crippen LogP contribution in [0.3, 0.4) is 0 Å². The number of esters is 2. The van der Waals surface area contributed by atoms with Crippen molar-refractivity contribution >= 4 is 23.5 Å². The monoisotopic (exact) mass is 671 g/mol. The number of hydrogen-bond acceptors (Lipinski definition) is 6. The van der Waals surface area contributed by atoms with Gasteiger partial charge < -0.3 is 14.2 Å². The van der Waals surface area contributed by atoms with Gasteiger partial charge in [-0.15, -0.1) is 0 Å². The molecular weight excluding hydrogens is 622 g/mol. The summed E-state index contributed by atoms with van der Waals surface area (Å²) in [5.74, 6) is -0.00795. The van der Waals surface area contributed by atoms with Gasteiger partial charge in [0.2, 0.25) is 0 Å². The van der Waals surface area contributed by atoms with E-state index < -0.39 is 5.41 Å². The van der Waals surface area contributed by atoms with Gasteiger partial charge in [0, 0.05) is 18.1 Å². The molecule has 0 bridgehead atoms. The normalized spacial score (nSPS) is 15.2. The summed E-state index contributed by atoms with van der Waals surface area (Å²) in [6.07, 6.45) is 11.3. The van der Waals surface area contributed by atoms with E-state index in [1.165, 1.54) is 18.2 Å². The highest BCUT2D eigenvalue weighted by atomic mass is 35.5. The van der Waals surface area contributed by atoms with Crippen molar-refractivity contribution in [2.75, 3.05) is 33.4 Å². The van der Waals surface area contributed by atoms with Crippen molar-refractivity contribution < 1.29 is 23.8 Å². The van der Waals surface area contributed by atoms with Gasteiger partial charge in [-0.25, -0.2) is 4.79 Å². The molecule has 48 heavy (non-hydrogen) atoms. The van der Waals surface area contributed by atoms with E-state index in [2.05, 4.69) is 59.5 Å². The molecule has 4 rings (SSSR count). The molecule has 3 aromatic carbocycles. The Labute approximate surface area is 291 Å². The lowest BCUT2D eigenvalue weighted by Gasteiger charge is -2.30. The van der Waals surface area contributed by atoms with Gasteiger partial charge in [-0.2, -0.15) is 0 Å². The lowest BCUT2D eigenvalue weighted by atomic mass is 9.88. The molecule has 3 aromatic rings. The maximum atomic E-state index is 12.6. The van der Waals surface area contributed by atoms with Crippen molar-refractivity contribution in [2.24, 2.45) is 11.3 Å². The van der Waals surface area contributed by atoms with Crippen molar-refractivity contribution in [1.82, 2.24) is 4.90 Å². The van der Waals surface area contributed by atoms with Crippen LogP contribution in [0.15, 0.2) is 103 Å². The summed E-state index contributed by atoms with van der Waals surface area (Å²) in [5.41, 5.74) is 4.57. The second kappa shape index (κ2) is 18.7. The molecule has 0 saturated heterocycles. The molecule has 7 heteroatoms. The number of hydrogen-bond donors (Lipinski definition) is 0. The summed E-state index contributed by atoms with van der Waals surface area (Å²) in [6, 6.07) is 26.0. The van der Waals surface area contributed by atoms with E-state index in [0.29, 0.717) is 49.2 Å². The summed E-state index contributed by atoms with van der Waals surface area (Å²) < 4.78 is 16.9. The van der Waals surface area contributed by atoms with Crippen LogP contribution < -0.4 is 0 Å². The first-order chi connectivity index (χ1) is 23.2. The fourth-order valence-corrected chi connectivity index (χ4v) is 6.15. The van der Waals surface area contributed by atoms with Crippen LogP contribution >= 0.6 is 11.6 Å². The zero-order chi connectivity index (χ0) is 34.4. The third kappa shape index (κ3) is 11.8. The summed E-state index contributed by atoms with van der Waals surface area (Å²) in [5, 5.41) is 0.667. The molecule has 0 fully saturated rings. The van der Waals surface area contributed by atoms with Crippen LogP contribution in [0.25, 0.3) is 0 Å². The minimum absolute atomic E-state index is 0.175. The van der Waals surface area contributed by atoms with Crippen LogP contribution in [-0.2, 0) is 32.0 Å². The third-order valence-electron chi connectivity index (χ3n) is 8.89. The number of rotatable bonds is 18. The number of aryl methyl sites for hydroxylation is 1. The molecule has 1 aliphatic rings. The molecule has 0 radical (unpaired) electrons. The molecule has 256 valence electrons. The fourth-order valence-electron chi connectivity index (χ4n) is 5.95. The molecule has 0 heterocycles. The van der Waals surface area contributed by atoms with Gasteiger partial charge in [0.25, 0.3) is 0 Å². The number of ether oxygens (including phenoxy) is 3. The largest absolute Gasteiger partial charge is 0.466 e. The van der Waals surface area contributed by atoms with Crippen LogP contribution in [0.2, 0.25) is 5.02 Å². The van der Waals surface area contributed by atoms with Gasteiger partial charge in [-0.3, -0.25) is 9.69 Å². The first-order valence-corrected chi connectivity index (χ1v) is 17.4. The van der Waals surface area contributed by atoms with E-state index >= 15 is 0 Å². The summed E-state index contributed by atoms with van der Waals surface area (Å²) >= 11 is 6.46. The standard InChI is InChI=1S/C41H50ClNO5/c1-5-47-40(45)41(2,3)25-10-26-43(28-33-21-23-35(24-22-33)39(44)46-4)29-38(36-13-9-14-37(42)27-36)48-30-34-19-17-32(18-20-34)16-15-31-11-7-6-8-12-31/h6-9,11-14,17,19-24,27,32,38H,5,10,15-16,18,25-26,28-30H2,1-4H3. The topological polar surface area (TPSA) is 65.1 Å². The quantitative estimate of drug-likeness (QED) is 0.126. The van der Waals surface area contributed by atoms with Crippen LogP contribution in [-0.4, -0.2) is 50.3 Å². The lowest BCUT2D eigenvalue weighted by Crippen LogP contribution is -2.33. The van der Waals surface area contributed by atoms with Gasteiger partial charge in [0.05, 0.1) is 37.4 Å². The highest BCUT2D eigenvalue weighted by Gasteiger charge is 2.29. The van der Waals surface area contributed by atoms with Crippen LogP contribution in [0.5, 0.6) is 0 Å². The van der Waals surface area contributed by atoms with Gasteiger partial charge in [-0.1, -0.05) is 84.4 Å². The highest BCUT2D eigenvalue weighted by molar-refractivity contribution is 6.30. The maximum Gasteiger partial charge on any atom is 0.337 e. The van der Waals surface area contributed by atoms with Gasteiger partial charge in [-0.05, 0) is 112 Å². The zero-order valence-corrected chi connectivity index (χ0v) is 29.6. The number of nitrogens with zero attached hydrogens (tertiary/aromatic N) is 1. The van der Waals surface area contributed by atoms with Crippen LogP contribution in [0.1, 0.15) is 79.6 Å². The zero-order valence-electron chi connectivity index (χ0n) is 28.8. The van der Waals surface area contributed by atoms with E-state index in [1.807, 2.05) is 51.1 Å². The molecule has 0 saturated carbocycles. The van der Waals surface area contributed by atoms with Crippen molar-refractivity contribution in [2.45, 2.75) is 65.5 Å². The van der Waals surface area contributed by atoms with Gasteiger partial charge in [0.15, 0.2) is 0 Å². The fraction of sp³-hybridized carbons (Fsp3) is 0.415.